The Morgan fingerprint density at radius 3 is 2.28 bits per heavy atom. The van der Waals surface area contributed by atoms with Crippen LogP contribution >= 0.6 is 0 Å². The molecule has 1 aliphatic heterocycles. The van der Waals surface area contributed by atoms with Crippen molar-refractivity contribution >= 4 is 0 Å². The minimum absolute atomic E-state index is 0.325. The maximum Gasteiger partial charge on any atom is 0.0900 e. The number of nitrogens with zero attached hydrogens (tertiary/aromatic N) is 1. The summed E-state index contributed by atoms with van der Waals surface area (Å²) in [5.74, 6) is 0. The molecule has 2 aliphatic rings. The lowest BCUT2D eigenvalue weighted by molar-refractivity contribution is -0.0335. The van der Waals surface area contributed by atoms with E-state index >= 15 is 0 Å². The van der Waals surface area contributed by atoms with Crippen LogP contribution in [0.5, 0.6) is 0 Å². The number of hydrogen-bond donors (Lipinski definition) is 1. The summed E-state index contributed by atoms with van der Waals surface area (Å²) < 4.78 is 5.80. The lowest BCUT2D eigenvalue weighted by Gasteiger charge is -2.40. The average Bonchev–Trinajstić information content (AvgIpc) is 2.84. The Balaban J connectivity index is 1.70. The number of likely N-dealkylation sites (tertiary alicyclic amines) is 1. The van der Waals surface area contributed by atoms with Gasteiger partial charge in [0.25, 0.3) is 0 Å². The minimum atomic E-state index is -0.325. The van der Waals surface area contributed by atoms with E-state index in [0.717, 1.165) is 6.54 Å². The maximum atomic E-state index is 10.1. The van der Waals surface area contributed by atoms with E-state index in [-0.39, 0.29) is 6.10 Å². The summed E-state index contributed by atoms with van der Waals surface area (Å²) in [5.41, 5.74) is 0. The molecule has 0 bridgehead atoms. The molecule has 0 aromatic rings. The van der Waals surface area contributed by atoms with Crippen LogP contribution in [0.2, 0.25) is 0 Å². The zero-order valence-electron chi connectivity index (χ0n) is 12.0. The Labute approximate surface area is 112 Å². The molecule has 3 atom stereocenters. The molecule has 0 spiro atoms. The quantitative estimate of drug-likeness (QED) is 0.819. The third-order valence-corrected chi connectivity index (χ3v) is 4.62. The van der Waals surface area contributed by atoms with Crippen molar-refractivity contribution in [2.45, 2.75) is 83.1 Å². The first-order chi connectivity index (χ1) is 8.66. The third kappa shape index (κ3) is 3.94. The number of aliphatic hydroxyl groups excluding tert-OH is 1. The van der Waals surface area contributed by atoms with Crippen LogP contribution in [-0.2, 0) is 4.74 Å². The number of piperidine rings is 1. The summed E-state index contributed by atoms with van der Waals surface area (Å²) in [6.45, 7) is 5.84. The molecule has 0 unspecified atom stereocenters. The van der Waals surface area contributed by atoms with Gasteiger partial charge < -0.3 is 9.84 Å². The summed E-state index contributed by atoms with van der Waals surface area (Å²) in [5, 5.41) is 10.1. The highest BCUT2D eigenvalue weighted by Gasteiger charge is 2.27. The predicted molar refractivity (Wildman–Crippen MR) is 73.7 cm³/mol. The summed E-state index contributed by atoms with van der Waals surface area (Å²) in [6.07, 6.45) is 8.90. The lowest BCUT2D eigenvalue weighted by Crippen LogP contribution is -2.48. The Kier molecular flexibility index (Phi) is 5.46. The molecule has 1 heterocycles. The molecule has 106 valence electrons. The van der Waals surface area contributed by atoms with Gasteiger partial charge in [0, 0.05) is 18.6 Å². The first-order valence-corrected chi connectivity index (χ1v) is 7.72. The Bertz CT molecular complexity index is 231. The van der Waals surface area contributed by atoms with Crippen molar-refractivity contribution in [3.63, 3.8) is 0 Å². The largest absolute Gasteiger partial charge is 0.389 e. The van der Waals surface area contributed by atoms with Crippen LogP contribution < -0.4 is 0 Å². The number of rotatable bonds is 5. The van der Waals surface area contributed by atoms with Crippen LogP contribution in [-0.4, -0.2) is 47.4 Å². The molecule has 1 saturated carbocycles. The van der Waals surface area contributed by atoms with Gasteiger partial charge in [0.05, 0.1) is 18.8 Å². The molecule has 1 N–H and O–H groups in total. The number of hydrogen-bond acceptors (Lipinski definition) is 3. The van der Waals surface area contributed by atoms with E-state index in [1.165, 1.54) is 44.9 Å². The molecule has 0 aromatic carbocycles. The van der Waals surface area contributed by atoms with Crippen LogP contribution in [0.4, 0.5) is 0 Å². The highest BCUT2D eigenvalue weighted by atomic mass is 16.5. The monoisotopic (exact) mass is 255 g/mol. The van der Waals surface area contributed by atoms with Crippen molar-refractivity contribution in [1.82, 2.24) is 4.90 Å². The minimum Gasteiger partial charge on any atom is -0.389 e. The van der Waals surface area contributed by atoms with Gasteiger partial charge in [-0.2, -0.15) is 0 Å². The Morgan fingerprint density at radius 2 is 1.67 bits per heavy atom. The molecule has 1 saturated heterocycles. The second-order valence-corrected chi connectivity index (χ2v) is 6.22. The fourth-order valence-corrected chi connectivity index (χ4v) is 3.43. The van der Waals surface area contributed by atoms with E-state index in [0.29, 0.717) is 24.8 Å². The molecule has 0 aromatic heterocycles. The fraction of sp³-hybridized carbons (Fsp3) is 1.00. The molecule has 3 heteroatoms. The van der Waals surface area contributed by atoms with Gasteiger partial charge in [-0.1, -0.05) is 19.3 Å². The van der Waals surface area contributed by atoms with E-state index in [2.05, 4.69) is 18.7 Å². The molecule has 1 aliphatic carbocycles. The first-order valence-electron chi connectivity index (χ1n) is 7.72. The summed E-state index contributed by atoms with van der Waals surface area (Å²) in [4.78, 5) is 2.45. The number of ether oxygens (including phenoxy) is 1. The molecule has 0 radical (unpaired) electrons. The van der Waals surface area contributed by atoms with Crippen molar-refractivity contribution in [2.75, 3.05) is 13.2 Å². The van der Waals surface area contributed by atoms with Gasteiger partial charge in [0.1, 0.15) is 0 Å². The summed E-state index contributed by atoms with van der Waals surface area (Å²) in [7, 11) is 0. The van der Waals surface area contributed by atoms with E-state index in [4.69, 9.17) is 4.74 Å². The zero-order valence-corrected chi connectivity index (χ0v) is 12.0. The normalized spacial score (nSPS) is 32.8. The van der Waals surface area contributed by atoms with Crippen molar-refractivity contribution in [3.8, 4) is 0 Å². The highest BCUT2D eigenvalue weighted by Crippen LogP contribution is 2.23. The van der Waals surface area contributed by atoms with Gasteiger partial charge in [-0.05, 0) is 39.5 Å². The van der Waals surface area contributed by atoms with Gasteiger partial charge in [-0.15, -0.1) is 0 Å². The fourth-order valence-electron chi connectivity index (χ4n) is 3.43. The van der Waals surface area contributed by atoms with Crippen LogP contribution in [0.1, 0.15) is 58.8 Å². The van der Waals surface area contributed by atoms with Gasteiger partial charge in [0.15, 0.2) is 0 Å². The Hall–Kier alpha value is -0.120. The average molecular weight is 255 g/mol. The molecule has 2 fully saturated rings. The first kappa shape index (κ1) is 14.3. The summed E-state index contributed by atoms with van der Waals surface area (Å²) in [6, 6.07) is 1.21. The van der Waals surface area contributed by atoms with Gasteiger partial charge >= 0.3 is 0 Å². The predicted octanol–water partition coefficient (Wildman–Crippen LogP) is 2.57. The van der Waals surface area contributed by atoms with Crippen molar-refractivity contribution < 1.29 is 9.84 Å². The molecule has 0 amide bonds. The highest BCUT2D eigenvalue weighted by molar-refractivity contribution is 4.81. The number of aliphatic hydroxyl groups is 1. The smallest absolute Gasteiger partial charge is 0.0900 e. The number of β-amino-alcohol motifs (C(OH)–C–C–N with tert-alkyl or cyclic N) is 1. The summed E-state index contributed by atoms with van der Waals surface area (Å²) >= 11 is 0. The Morgan fingerprint density at radius 1 is 1.06 bits per heavy atom. The molecular weight excluding hydrogens is 226 g/mol. The standard InChI is InChI=1S/C15H29NO2/c1-12-6-5-7-13(2)16(12)10-14(17)11-18-15-8-3-4-9-15/h12-15,17H,3-11H2,1-2H3/t12-,13+,14-/m1/s1. The maximum absolute atomic E-state index is 10.1. The molecule has 2 rings (SSSR count). The van der Waals surface area contributed by atoms with E-state index in [1.54, 1.807) is 0 Å². The van der Waals surface area contributed by atoms with Crippen molar-refractivity contribution in [1.29, 1.82) is 0 Å². The second kappa shape index (κ2) is 6.88. The van der Waals surface area contributed by atoms with Crippen LogP contribution in [0.15, 0.2) is 0 Å². The molecule has 3 nitrogen and oxygen atoms in total. The zero-order chi connectivity index (χ0) is 13.0. The second-order valence-electron chi connectivity index (χ2n) is 6.22. The van der Waals surface area contributed by atoms with Crippen LogP contribution in [0, 0.1) is 0 Å². The van der Waals surface area contributed by atoms with Crippen molar-refractivity contribution in [3.05, 3.63) is 0 Å². The van der Waals surface area contributed by atoms with E-state index < -0.39 is 0 Å². The molecular formula is C15H29NO2. The van der Waals surface area contributed by atoms with Crippen molar-refractivity contribution in [2.24, 2.45) is 0 Å². The lowest BCUT2D eigenvalue weighted by atomic mass is 9.97. The SMILES string of the molecule is C[C@@H]1CCC[C@H](C)N1C[C@@H](O)COC1CCCC1. The van der Waals surface area contributed by atoms with Crippen LogP contribution in [0.25, 0.3) is 0 Å². The molecule has 18 heavy (non-hydrogen) atoms. The van der Waals surface area contributed by atoms with Gasteiger partial charge in [-0.25, -0.2) is 0 Å². The topological polar surface area (TPSA) is 32.7 Å². The van der Waals surface area contributed by atoms with Gasteiger partial charge in [0.2, 0.25) is 0 Å². The van der Waals surface area contributed by atoms with Crippen LogP contribution in [0.3, 0.4) is 0 Å². The third-order valence-electron chi connectivity index (χ3n) is 4.62. The van der Waals surface area contributed by atoms with Gasteiger partial charge in [-0.3, -0.25) is 4.90 Å². The van der Waals surface area contributed by atoms with E-state index in [9.17, 15) is 5.11 Å². The van der Waals surface area contributed by atoms with E-state index in [1.807, 2.05) is 0 Å².